The molecule has 0 radical (unpaired) electrons. The molecule has 0 rings (SSSR count). The van der Waals surface area contributed by atoms with Crippen molar-refractivity contribution in [1.82, 2.24) is 0 Å². The summed E-state index contributed by atoms with van der Waals surface area (Å²) in [6.45, 7) is 2.27. The van der Waals surface area contributed by atoms with E-state index in [4.69, 9.17) is 4.55 Å². The molecule has 3 nitrogen and oxygen atoms in total. The molecular weight excluding hydrogens is 410 g/mol. The van der Waals surface area contributed by atoms with Crippen LogP contribution in [0.5, 0.6) is 0 Å². The Morgan fingerprint density at radius 2 is 1.00 bits per heavy atom. The summed E-state index contributed by atoms with van der Waals surface area (Å²) in [5.41, 5.74) is 0. The third kappa shape index (κ3) is 27.7. The molecule has 0 aliphatic carbocycles. The van der Waals surface area contributed by atoms with Crippen LogP contribution in [0.1, 0.15) is 103 Å². The second-order valence-electron chi connectivity index (χ2n) is 6.85. The van der Waals surface area contributed by atoms with E-state index in [-0.39, 0.29) is 35.3 Å². The number of rotatable bonds is 19. The number of hydrogen-bond acceptors (Lipinski definition) is 2. The van der Waals surface area contributed by atoms with E-state index in [2.05, 4.69) is 6.92 Å². The van der Waals surface area contributed by atoms with Gasteiger partial charge in [-0.1, -0.05) is 26.2 Å². The van der Waals surface area contributed by atoms with Crippen molar-refractivity contribution < 1.29 is 13.0 Å². The first-order valence-electron chi connectivity index (χ1n) is 10.1. The zero-order valence-corrected chi connectivity index (χ0v) is 18.3. The van der Waals surface area contributed by atoms with Crippen molar-refractivity contribution in [3.05, 3.63) is 0 Å². The summed E-state index contributed by atoms with van der Waals surface area (Å²) in [4.78, 5) is 0. The van der Waals surface area contributed by atoms with Crippen molar-refractivity contribution in [2.24, 2.45) is 0 Å². The van der Waals surface area contributed by atoms with Gasteiger partial charge in [0.25, 0.3) is 0 Å². The molecule has 0 aliphatic rings. The fraction of sp³-hybridized carbons (Fsp3) is 1.00. The predicted octanol–water partition coefficient (Wildman–Crippen LogP) is 5.64. The summed E-state index contributed by atoms with van der Waals surface area (Å²) >= 11 is 0.557. The molecule has 0 aromatic heterocycles. The molecule has 0 aromatic carbocycles. The molecule has 0 spiro atoms. The Morgan fingerprint density at radius 3 is 1.40 bits per heavy atom. The first kappa shape index (κ1) is 28.6. The summed E-state index contributed by atoms with van der Waals surface area (Å²) in [5, 5.41) is 2.24. The molecule has 1 N–H and O–H groups in total. The van der Waals surface area contributed by atoms with Gasteiger partial charge in [-0.15, -0.1) is 0 Å². The SMILES string of the molecule is CCCCCCCCCCCCCCCC[Se]CCCS(=O)(=O)O.[NaH]. The summed E-state index contributed by atoms with van der Waals surface area (Å²) in [6, 6.07) is 0. The zero-order chi connectivity index (χ0) is 17.9. The molecule has 0 unspecified atom stereocenters. The quantitative estimate of drug-likeness (QED) is 0.157. The number of unbranched alkanes of at least 4 members (excludes halogenated alkanes) is 13. The van der Waals surface area contributed by atoms with E-state index in [9.17, 15) is 8.42 Å². The molecule has 0 amide bonds. The molecule has 0 saturated heterocycles. The Labute approximate surface area is 186 Å². The second-order valence-corrected chi connectivity index (χ2v) is 11.0. The van der Waals surface area contributed by atoms with E-state index in [1.807, 2.05) is 0 Å². The van der Waals surface area contributed by atoms with Crippen LogP contribution in [0.15, 0.2) is 0 Å². The van der Waals surface area contributed by atoms with E-state index in [0.29, 0.717) is 21.4 Å². The van der Waals surface area contributed by atoms with Crippen LogP contribution in [0.25, 0.3) is 0 Å². The Bertz CT molecular complexity index is 351. The van der Waals surface area contributed by atoms with Gasteiger partial charge in [-0.2, -0.15) is 0 Å². The predicted molar refractivity (Wildman–Crippen MR) is 114 cm³/mol. The Balaban J connectivity index is 0. The van der Waals surface area contributed by atoms with E-state index >= 15 is 0 Å². The van der Waals surface area contributed by atoms with Crippen LogP contribution < -0.4 is 0 Å². The van der Waals surface area contributed by atoms with Gasteiger partial charge in [-0.25, -0.2) is 0 Å². The fourth-order valence-electron chi connectivity index (χ4n) is 2.84. The van der Waals surface area contributed by atoms with Crippen LogP contribution in [0.4, 0.5) is 0 Å². The molecule has 0 heterocycles. The van der Waals surface area contributed by atoms with E-state index < -0.39 is 10.1 Å². The minimum absolute atomic E-state index is 0. The first-order valence-corrected chi connectivity index (χ1v) is 14.1. The maximum absolute atomic E-state index is 10.6. The van der Waals surface area contributed by atoms with Gasteiger partial charge in [0.05, 0.1) is 0 Å². The van der Waals surface area contributed by atoms with Gasteiger partial charge in [0, 0.05) is 0 Å². The molecule has 148 valence electrons. The molecule has 0 aliphatic heterocycles. The maximum atomic E-state index is 10.6. The molecule has 0 atom stereocenters. The van der Waals surface area contributed by atoms with Crippen LogP contribution in [0, 0.1) is 0 Å². The molecule has 0 saturated carbocycles. The van der Waals surface area contributed by atoms with Crippen molar-refractivity contribution in [3.63, 3.8) is 0 Å². The minimum atomic E-state index is -3.74. The van der Waals surface area contributed by atoms with Crippen LogP contribution in [0.2, 0.25) is 10.6 Å². The van der Waals surface area contributed by atoms with Crippen molar-refractivity contribution >= 4 is 54.6 Å². The van der Waals surface area contributed by atoms with E-state index in [1.54, 1.807) is 0 Å². The number of hydrogen-bond donors (Lipinski definition) is 1. The Kier molecular flexibility index (Phi) is 24.9. The Morgan fingerprint density at radius 1 is 0.640 bits per heavy atom. The van der Waals surface area contributed by atoms with Gasteiger partial charge in [-0.3, -0.25) is 0 Å². The van der Waals surface area contributed by atoms with Crippen LogP contribution in [0.3, 0.4) is 0 Å². The summed E-state index contributed by atoms with van der Waals surface area (Å²) < 4.78 is 29.8. The topological polar surface area (TPSA) is 54.4 Å². The van der Waals surface area contributed by atoms with Crippen molar-refractivity contribution in [2.45, 2.75) is 114 Å². The average Bonchev–Trinajstić information content (AvgIpc) is 2.52. The van der Waals surface area contributed by atoms with Crippen LogP contribution in [-0.2, 0) is 10.1 Å². The first-order chi connectivity index (χ1) is 11.6. The third-order valence-corrected chi connectivity index (χ3v) is 7.56. The van der Waals surface area contributed by atoms with Gasteiger partial charge in [0.2, 0.25) is 0 Å². The van der Waals surface area contributed by atoms with Crippen molar-refractivity contribution in [1.29, 1.82) is 0 Å². The Hall–Kier alpha value is 1.43. The van der Waals surface area contributed by atoms with Gasteiger partial charge in [-0.05, 0) is 0 Å². The van der Waals surface area contributed by atoms with Crippen molar-refractivity contribution in [3.8, 4) is 0 Å². The molecule has 25 heavy (non-hydrogen) atoms. The molecule has 0 aromatic rings. The molecule has 0 fully saturated rings. The van der Waals surface area contributed by atoms with Gasteiger partial charge >= 0.3 is 161 Å². The molecule has 0 bridgehead atoms. The monoisotopic (exact) mass is 452 g/mol. The van der Waals surface area contributed by atoms with E-state index in [1.165, 1.54) is 95.2 Å². The van der Waals surface area contributed by atoms with Gasteiger partial charge < -0.3 is 0 Å². The molecular formula is C19H41NaO3SSe. The second kappa shape index (κ2) is 21.7. The van der Waals surface area contributed by atoms with Crippen molar-refractivity contribution in [2.75, 3.05) is 5.75 Å². The summed E-state index contributed by atoms with van der Waals surface area (Å²) in [7, 11) is -3.74. The van der Waals surface area contributed by atoms with Gasteiger partial charge in [0.1, 0.15) is 0 Å². The normalized spacial score (nSPS) is 11.4. The average molecular weight is 452 g/mol. The standard InChI is InChI=1S/C19H40O3SSe.Na.H/c1-2-3-4-5-6-7-8-9-10-11-12-13-14-15-18-24-19-16-17-23(20,21)22;;/h2-19H2,1H3,(H,20,21,22);;. The van der Waals surface area contributed by atoms with Crippen LogP contribution >= 0.6 is 0 Å². The zero-order valence-electron chi connectivity index (χ0n) is 15.8. The van der Waals surface area contributed by atoms with E-state index in [0.717, 1.165) is 5.32 Å². The van der Waals surface area contributed by atoms with Crippen LogP contribution in [-0.4, -0.2) is 63.2 Å². The fourth-order valence-corrected chi connectivity index (χ4v) is 5.78. The van der Waals surface area contributed by atoms with Gasteiger partial charge in [0.15, 0.2) is 0 Å². The molecule has 6 heteroatoms. The summed E-state index contributed by atoms with van der Waals surface area (Å²) in [6.07, 6.45) is 20.1. The summed E-state index contributed by atoms with van der Waals surface area (Å²) in [5.74, 6) is -0.0620. The third-order valence-electron chi connectivity index (χ3n) is 4.33.